The highest BCUT2D eigenvalue weighted by atomic mass is 16.6. The summed E-state index contributed by atoms with van der Waals surface area (Å²) in [5, 5.41) is 15.2. The van der Waals surface area contributed by atoms with E-state index in [1.807, 2.05) is 97.1 Å². The molecule has 3 aromatic carbocycles. The summed E-state index contributed by atoms with van der Waals surface area (Å²) in [6, 6.07) is 30.0. The number of rotatable bonds is 7. The lowest BCUT2D eigenvalue weighted by Crippen LogP contribution is -2.49. The number of ether oxygens (including phenoxy) is 1. The first-order chi connectivity index (χ1) is 16.2. The smallest absolute Gasteiger partial charge is 0.408 e. The number of alkyl carbamates (subject to hydrolysis) is 1. The molecule has 0 unspecified atom stereocenters. The summed E-state index contributed by atoms with van der Waals surface area (Å²) in [4.78, 5) is 25.5. The van der Waals surface area contributed by atoms with Gasteiger partial charge < -0.3 is 15.4 Å². The molecule has 3 aromatic rings. The van der Waals surface area contributed by atoms with E-state index in [2.05, 4.69) is 10.6 Å². The molecule has 0 fully saturated rings. The van der Waals surface area contributed by atoms with E-state index in [-0.39, 0.29) is 12.3 Å². The summed E-state index contributed by atoms with van der Waals surface area (Å²) in [6.07, 6.45) is -0.975. The van der Waals surface area contributed by atoms with Crippen LogP contribution in [0, 0.1) is 11.3 Å². The average Bonchev–Trinajstić information content (AvgIpc) is 2.82. The minimum atomic E-state index is -1.05. The average molecular weight is 456 g/mol. The number of carbonyl (C=O) groups is 2. The van der Waals surface area contributed by atoms with Gasteiger partial charge in [-0.15, -0.1) is 0 Å². The topological polar surface area (TPSA) is 91.2 Å². The molecule has 1 atom stereocenters. The molecule has 2 amide bonds. The van der Waals surface area contributed by atoms with Gasteiger partial charge in [0, 0.05) is 0 Å². The number of nitriles is 1. The zero-order chi connectivity index (χ0) is 24.6. The third-order valence-corrected chi connectivity index (χ3v) is 5.18. The molecular weight excluding hydrogens is 426 g/mol. The van der Waals surface area contributed by atoms with Gasteiger partial charge in [0.15, 0.2) is 0 Å². The lowest BCUT2D eigenvalue weighted by Gasteiger charge is -2.37. The van der Waals surface area contributed by atoms with Crippen molar-refractivity contribution in [1.82, 2.24) is 10.6 Å². The van der Waals surface area contributed by atoms with Crippen LogP contribution < -0.4 is 10.6 Å². The summed E-state index contributed by atoms with van der Waals surface area (Å²) in [7, 11) is 0. The maximum absolute atomic E-state index is 13.4. The Kier molecular flexibility index (Phi) is 7.70. The Morgan fingerprint density at radius 2 is 1.24 bits per heavy atom. The standard InChI is InChI=1S/C28H29N3O3/c1-27(2,3)34-26(33)30-24(20-29)19-25(32)31-28(21-13-7-4-8-14-21,22-15-9-5-10-16-22)23-17-11-6-12-18-23/h4-18,24H,19H2,1-3H3,(H,30,33)(H,31,32)/t24-/m1/s1. The number of nitrogens with zero attached hydrogens (tertiary/aromatic N) is 1. The van der Waals surface area contributed by atoms with Crippen molar-refractivity contribution < 1.29 is 14.3 Å². The van der Waals surface area contributed by atoms with E-state index >= 15 is 0 Å². The molecule has 0 spiro atoms. The highest BCUT2D eigenvalue weighted by molar-refractivity contribution is 5.81. The molecule has 0 radical (unpaired) electrons. The Morgan fingerprint density at radius 3 is 1.59 bits per heavy atom. The quantitative estimate of drug-likeness (QED) is 0.496. The first kappa shape index (κ1) is 24.5. The van der Waals surface area contributed by atoms with Crippen LogP contribution in [0.2, 0.25) is 0 Å². The fourth-order valence-corrected chi connectivity index (χ4v) is 3.81. The van der Waals surface area contributed by atoms with Gasteiger partial charge in [0.1, 0.15) is 17.2 Å². The molecule has 174 valence electrons. The summed E-state index contributed by atoms with van der Waals surface area (Å²) in [6.45, 7) is 5.19. The van der Waals surface area contributed by atoms with Crippen molar-refractivity contribution in [2.75, 3.05) is 0 Å². The van der Waals surface area contributed by atoms with Crippen molar-refractivity contribution in [2.45, 2.75) is 44.4 Å². The molecule has 0 saturated carbocycles. The number of nitrogens with one attached hydrogen (secondary N) is 2. The highest BCUT2D eigenvalue weighted by Crippen LogP contribution is 2.36. The molecule has 0 bridgehead atoms. The van der Waals surface area contributed by atoms with Crippen LogP contribution >= 0.6 is 0 Å². The van der Waals surface area contributed by atoms with Crippen LogP contribution in [0.3, 0.4) is 0 Å². The molecule has 3 rings (SSSR count). The number of hydrogen-bond donors (Lipinski definition) is 2. The Balaban J connectivity index is 1.97. The van der Waals surface area contributed by atoms with E-state index in [1.54, 1.807) is 20.8 Å². The Hall–Kier alpha value is -4.11. The second-order valence-corrected chi connectivity index (χ2v) is 8.93. The van der Waals surface area contributed by atoms with E-state index < -0.39 is 23.3 Å². The molecule has 0 aliphatic rings. The molecule has 0 heterocycles. The van der Waals surface area contributed by atoms with E-state index in [4.69, 9.17) is 4.74 Å². The second-order valence-electron chi connectivity index (χ2n) is 8.93. The molecule has 0 aliphatic carbocycles. The minimum absolute atomic E-state index is 0.232. The van der Waals surface area contributed by atoms with Gasteiger partial charge >= 0.3 is 6.09 Å². The lowest BCUT2D eigenvalue weighted by molar-refractivity contribution is -0.122. The van der Waals surface area contributed by atoms with Crippen molar-refractivity contribution in [1.29, 1.82) is 5.26 Å². The van der Waals surface area contributed by atoms with Crippen molar-refractivity contribution in [3.05, 3.63) is 108 Å². The number of benzene rings is 3. The SMILES string of the molecule is CC(C)(C)OC(=O)N[C@@H](C#N)CC(=O)NC(c1ccccc1)(c1ccccc1)c1ccccc1. The number of hydrogen-bond acceptors (Lipinski definition) is 4. The van der Waals surface area contributed by atoms with E-state index in [0.29, 0.717) is 0 Å². The molecule has 6 heteroatoms. The van der Waals surface area contributed by atoms with Gasteiger partial charge in [0.05, 0.1) is 12.5 Å². The van der Waals surface area contributed by atoms with Gasteiger partial charge in [-0.25, -0.2) is 4.79 Å². The van der Waals surface area contributed by atoms with Crippen LogP contribution in [-0.2, 0) is 15.1 Å². The zero-order valence-electron chi connectivity index (χ0n) is 19.6. The maximum atomic E-state index is 13.4. The molecule has 2 N–H and O–H groups in total. The van der Waals surface area contributed by atoms with Gasteiger partial charge in [-0.2, -0.15) is 5.26 Å². The predicted octanol–water partition coefficient (Wildman–Crippen LogP) is 4.90. The van der Waals surface area contributed by atoms with E-state index in [1.165, 1.54) is 0 Å². The van der Waals surface area contributed by atoms with Crippen molar-refractivity contribution in [3.63, 3.8) is 0 Å². The van der Waals surface area contributed by atoms with Crippen LogP contribution in [0.4, 0.5) is 4.79 Å². The lowest BCUT2D eigenvalue weighted by atomic mass is 9.77. The Labute approximate surface area is 200 Å². The number of carbonyl (C=O) groups excluding carboxylic acids is 2. The van der Waals surface area contributed by atoms with E-state index in [9.17, 15) is 14.9 Å². The fourth-order valence-electron chi connectivity index (χ4n) is 3.81. The highest BCUT2D eigenvalue weighted by Gasteiger charge is 2.38. The third-order valence-electron chi connectivity index (χ3n) is 5.18. The molecule has 6 nitrogen and oxygen atoms in total. The van der Waals surface area contributed by atoms with Crippen LogP contribution in [0.1, 0.15) is 43.9 Å². The van der Waals surface area contributed by atoms with Crippen molar-refractivity contribution >= 4 is 12.0 Å². The normalized spacial score (nSPS) is 12.2. The van der Waals surface area contributed by atoms with E-state index in [0.717, 1.165) is 16.7 Å². The molecular formula is C28H29N3O3. The summed E-state index contributed by atoms with van der Waals surface area (Å²) in [5.74, 6) is -0.390. The predicted molar refractivity (Wildman–Crippen MR) is 131 cm³/mol. The molecule has 34 heavy (non-hydrogen) atoms. The summed E-state index contributed by atoms with van der Waals surface area (Å²) < 4.78 is 5.23. The Bertz CT molecular complexity index is 1040. The van der Waals surface area contributed by atoms with Crippen LogP contribution in [0.15, 0.2) is 91.0 Å². The van der Waals surface area contributed by atoms with Crippen molar-refractivity contribution in [3.8, 4) is 6.07 Å². The summed E-state index contributed by atoms with van der Waals surface area (Å²) in [5.41, 5.74) is 0.903. The maximum Gasteiger partial charge on any atom is 0.408 e. The third kappa shape index (κ3) is 6.02. The minimum Gasteiger partial charge on any atom is -0.444 e. The largest absolute Gasteiger partial charge is 0.444 e. The second kappa shape index (κ2) is 10.7. The first-order valence-electron chi connectivity index (χ1n) is 11.1. The van der Waals surface area contributed by atoms with Gasteiger partial charge in [-0.3, -0.25) is 4.79 Å². The molecule has 0 aromatic heterocycles. The molecule has 0 saturated heterocycles. The number of amides is 2. The molecule has 0 aliphatic heterocycles. The monoisotopic (exact) mass is 455 g/mol. The van der Waals surface area contributed by atoms with Gasteiger partial charge in [0.2, 0.25) is 5.91 Å². The van der Waals surface area contributed by atoms with Gasteiger partial charge in [0.25, 0.3) is 0 Å². The van der Waals surface area contributed by atoms with Crippen LogP contribution in [0.5, 0.6) is 0 Å². The van der Waals surface area contributed by atoms with Crippen LogP contribution in [0.25, 0.3) is 0 Å². The van der Waals surface area contributed by atoms with Gasteiger partial charge in [-0.05, 0) is 37.5 Å². The fraction of sp³-hybridized carbons (Fsp3) is 0.250. The van der Waals surface area contributed by atoms with Gasteiger partial charge in [-0.1, -0.05) is 91.0 Å². The van der Waals surface area contributed by atoms with Crippen LogP contribution in [-0.4, -0.2) is 23.6 Å². The Morgan fingerprint density at radius 1 is 0.824 bits per heavy atom. The zero-order valence-corrected chi connectivity index (χ0v) is 19.6. The first-order valence-corrected chi connectivity index (χ1v) is 11.1. The summed E-state index contributed by atoms with van der Waals surface area (Å²) >= 11 is 0. The van der Waals surface area contributed by atoms with Crippen molar-refractivity contribution in [2.24, 2.45) is 0 Å².